The van der Waals surface area contributed by atoms with Crippen LogP contribution >= 0.6 is 11.6 Å². The molecular formula is C17H14ClN3O3. The van der Waals surface area contributed by atoms with E-state index in [1.54, 1.807) is 23.3 Å². The SMILES string of the molecule is O=C1C[C@H](c2nc(-c3cccc(Cl)c3)no2)CN1Cc1ccco1. The van der Waals surface area contributed by atoms with E-state index < -0.39 is 0 Å². The fourth-order valence-corrected chi connectivity index (χ4v) is 3.02. The Morgan fingerprint density at radius 1 is 1.29 bits per heavy atom. The van der Waals surface area contributed by atoms with Gasteiger partial charge in [0.25, 0.3) is 0 Å². The summed E-state index contributed by atoms with van der Waals surface area (Å²) in [5, 5.41) is 4.62. The zero-order chi connectivity index (χ0) is 16.5. The Morgan fingerprint density at radius 2 is 2.21 bits per heavy atom. The molecule has 7 heteroatoms. The number of carbonyl (C=O) groups is 1. The van der Waals surface area contributed by atoms with Crippen LogP contribution in [0.4, 0.5) is 0 Å². The van der Waals surface area contributed by atoms with Gasteiger partial charge in [0.15, 0.2) is 0 Å². The fraction of sp³-hybridized carbons (Fsp3) is 0.235. The number of likely N-dealkylation sites (tertiary alicyclic amines) is 1. The summed E-state index contributed by atoms with van der Waals surface area (Å²) in [4.78, 5) is 18.4. The highest BCUT2D eigenvalue weighted by Crippen LogP contribution is 2.30. The monoisotopic (exact) mass is 343 g/mol. The van der Waals surface area contributed by atoms with Crippen molar-refractivity contribution in [2.45, 2.75) is 18.9 Å². The maximum atomic E-state index is 12.2. The van der Waals surface area contributed by atoms with Crippen LogP contribution in [0.1, 0.15) is 24.0 Å². The highest BCUT2D eigenvalue weighted by molar-refractivity contribution is 6.30. The number of carbonyl (C=O) groups excluding carboxylic acids is 1. The molecule has 1 atom stereocenters. The predicted octanol–water partition coefficient (Wildman–Crippen LogP) is 3.50. The van der Waals surface area contributed by atoms with E-state index in [-0.39, 0.29) is 11.8 Å². The molecule has 1 aliphatic heterocycles. The molecule has 0 saturated carbocycles. The van der Waals surface area contributed by atoms with Gasteiger partial charge < -0.3 is 13.8 Å². The molecule has 3 heterocycles. The highest BCUT2D eigenvalue weighted by atomic mass is 35.5. The summed E-state index contributed by atoms with van der Waals surface area (Å²) < 4.78 is 10.7. The summed E-state index contributed by atoms with van der Waals surface area (Å²) in [5.41, 5.74) is 0.786. The van der Waals surface area contributed by atoms with Gasteiger partial charge in [-0.15, -0.1) is 0 Å². The smallest absolute Gasteiger partial charge is 0.232 e. The molecule has 4 rings (SSSR count). The Morgan fingerprint density at radius 3 is 3.00 bits per heavy atom. The van der Waals surface area contributed by atoms with Gasteiger partial charge in [0.1, 0.15) is 5.76 Å². The summed E-state index contributed by atoms with van der Waals surface area (Å²) in [6.45, 7) is 0.994. The molecule has 0 N–H and O–H groups in total. The third-order valence-corrected chi connectivity index (χ3v) is 4.25. The minimum atomic E-state index is -0.104. The summed E-state index contributed by atoms with van der Waals surface area (Å²) in [7, 11) is 0. The molecule has 2 aromatic heterocycles. The first-order valence-electron chi connectivity index (χ1n) is 7.59. The molecule has 122 valence electrons. The van der Waals surface area contributed by atoms with E-state index in [4.69, 9.17) is 20.5 Å². The van der Waals surface area contributed by atoms with Crippen LogP contribution in [0, 0.1) is 0 Å². The van der Waals surface area contributed by atoms with Gasteiger partial charge in [0, 0.05) is 23.6 Å². The summed E-state index contributed by atoms with van der Waals surface area (Å²) in [6, 6.07) is 10.9. The van der Waals surface area contributed by atoms with E-state index in [1.807, 2.05) is 24.3 Å². The number of benzene rings is 1. The molecule has 1 aliphatic rings. The van der Waals surface area contributed by atoms with E-state index in [0.29, 0.717) is 36.2 Å². The van der Waals surface area contributed by atoms with Crippen molar-refractivity contribution in [3.63, 3.8) is 0 Å². The third kappa shape index (κ3) is 2.92. The molecule has 6 nitrogen and oxygen atoms in total. The number of hydrogen-bond donors (Lipinski definition) is 0. The van der Waals surface area contributed by atoms with Gasteiger partial charge in [0.2, 0.25) is 17.6 Å². The number of amides is 1. The lowest BCUT2D eigenvalue weighted by molar-refractivity contribution is -0.128. The third-order valence-electron chi connectivity index (χ3n) is 4.02. The summed E-state index contributed by atoms with van der Waals surface area (Å²) in [6.07, 6.45) is 1.96. The number of rotatable bonds is 4. The Bertz CT molecular complexity index is 860. The van der Waals surface area contributed by atoms with Crippen molar-refractivity contribution >= 4 is 17.5 Å². The molecule has 24 heavy (non-hydrogen) atoms. The van der Waals surface area contributed by atoms with Gasteiger partial charge in [0.05, 0.1) is 18.7 Å². The van der Waals surface area contributed by atoms with Crippen LogP contribution in [-0.4, -0.2) is 27.5 Å². The molecule has 1 saturated heterocycles. The first-order chi connectivity index (χ1) is 11.7. The fourth-order valence-electron chi connectivity index (χ4n) is 2.83. The van der Waals surface area contributed by atoms with Crippen molar-refractivity contribution in [3.8, 4) is 11.4 Å². The summed E-state index contributed by atoms with van der Waals surface area (Å²) in [5.74, 6) is 1.66. The maximum absolute atomic E-state index is 12.2. The Hall–Kier alpha value is -2.60. The number of furan rings is 1. The van der Waals surface area contributed by atoms with Crippen LogP contribution in [0.3, 0.4) is 0 Å². The maximum Gasteiger partial charge on any atom is 0.232 e. The first-order valence-corrected chi connectivity index (χ1v) is 7.96. The minimum absolute atomic E-state index is 0.0545. The van der Waals surface area contributed by atoms with Crippen molar-refractivity contribution in [3.05, 3.63) is 59.3 Å². The van der Waals surface area contributed by atoms with Crippen molar-refractivity contribution in [2.24, 2.45) is 0 Å². The zero-order valence-corrected chi connectivity index (χ0v) is 13.4. The highest BCUT2D eigenvalue weighted by Gasteiger charge is 2.34. The van der Waals surface area contributed by atoms with E-state index in [2.05, 4.69) is 10.1 Å². The number of halogens is 1. The first kappa shape index (κ1) is 15.0. The molecule has 1 amide bonds. The second kappa shape index (κ2) is 6.13. The molecule has 1 aromatic carbocycles. The van der Waals surface area contributed by atoms with Gasteiger partial charge in [-0.25, -0.2) is 0 Å². The molecular weight excluding hydrogens is 330 g/mol. The van der Waals surface area contributed by atoms with E-state index in [1.165, 1.54) is 0 Å². The standard InChI is InChI=1S/C17H14ClN3O3/c18-13-4-1-3-11(7-13)16-19-17(24-20-16)12-8-15(22)21(9-12)10-14-5-2-6-23-14/h1-7,12H,8-10H2/t12-/m0/s1. The molecule has 0 bridgehead atoms. The van der Waals surface area contributed by atoms with Crippen LogP contribution < -0.4 is 0 Å². The van der Waals surface area contributed by atoms with Crippen molar-refractivity contribution in [1.29, 1.82) is 0 Å². The second-order valence-electron chi connectivity index (χ2n) is 5.72. The normalized spacial score (nSPS) is 17.6. The minimum Gasteiger partial charge on any atom is -0.467 e. The molecule has 0 aliphatic carbocycles. The Balaban J connectivity index is 1.50. The van der Waals surface area contributed by atoms with Crippen LogP contribution in [0.2, 0.25) is 5.02 Å². The van der Waals surface area contributed by atoms with Crippen LogP contribution in [0.15, 0.2) is 51.6 Å². The molecule has 0 radical (unpaired) electrons. The second-order valence-corrected chi connectivity index (χ2v) is 6.16. The quantitative estimate of drug-likeness (QED) is 0.725. The largest absolute Gasteiger partial charge is 0.467 e. The number of hydrogen-bond acceptors (Lipinski definition) is 5. The lowest BCUT2D eigenvalue weighted by atomic mass is 10.1. The van der Waals surface area contributed by atoms with Crippen molar-refractivity contribution < 1.29 is 13.7 Å². The zero-order valence-electron chi connectivity index (χ0n) is 12.7. The summed E-state index contributed by atoms with van der Waals surface area (Å²) >= 11 is 5.99. The van der Waals surface area contributed by atoms with Gasteiger partial charge in [-0.05, 0) is 24.3 Å². The van der Waals surface area contributed by atoms with Crippen LogP contribution in [0.25, 0.3) is 11.4 Å². The lowest BCUT2D eigenvalue weighted by Gasteiger charge is -2.13. The van der Waals surface area contributed by atoms with Gasteiger partial charge in [-0.2, -0.15) is 4.98 Å². The van der Waals surface area contributed by atoms with E-state index in [9.17, 15) is 4.79 Å². The molecule has 0 spiro atoms. The van der Waals surface area contributed by atoms with Crippen molar-refractivity contribution in [1.82, 2.24) is 15.0 Å². The van der Waals surface area contributed by atoms with Gasteiger partial charge in [-0.1, -0.05) is 28.9 Å². The number of nitrogens with zero attached hydrogens (tertiary/aromatic N) is 3. The van der Waals surface area contributed by atoms with E-state index in [0.717, 1.165) is 11.3 Å². The molecule has 3 aromatic rings. The van der Waals surface area contributed by atoms with Gasteiger partial charge >= 0.3 is 0 Å². The number of aromatic nitrogens is 2. The Labute approximate surface area is 143 Å². The molecule has 0 unspecified atom stereocenters. The average molecular weight is 344 g/mol. The Kier molecular flexibility index (Phi) is 3.82. The van der Waals surface area contributed by atoms with Crippen molar-refractivity contribution in [2.75, 3.05) is 6.54 Å². The predicted molar refractivity (Wildman–Crippen MR) is 86.2 cm³/mol. The lowest BCUT2D eigenvalue weighted by Crippen LogP contribution is -2.24. The van der Waals surface area contributed by atoms with Crippen LogP contribution in [-0.2, 0) is 11.3 Å². The average Bonchev–Trinajstić information content (AvgIpc) is 3.30. The van der Waals surface area contributed by atoms with Crippen LogP contribution in [0.5, 0.6) is 0 Å². The van der Waals surface area contributed by atoms with Gasteiger partial charge in [-0.3, -0.25) is 4.79 Å². The topological polar surface area (TPSA) is 72.4 Å². The van der Waals surface area contributed by atoms with E-state index >= 15 is 0 Å². The molecule has 1 fully saturated rings.